The number of aryl methyl sites for hydroxylation is 1. The fourth-order valence-corrected chi connectivity index (χ4v) is 1.92. The van der Waals surface area contributed by atoms with E-state index >= 15 is 0 Å². The van der Waals surface area contributed by atoms with Crippen LogP contribution in [0.5, 0.6) is 0 Å². The molecule has 1 amide bonds. The molecule has 92 valence electrons. The van der Waals surface area contributed by atoms with E-state index in [2.05, 4.69) is 27.4 Å². The van der Waals surface area contributed by atoms with Crippen molar-refractivity contribution in [3.8, 4) is 11.8 Å². The molecule has 0 aliphatic rings. The number of aromatic nitrogens is 2. The van der Waals surface area contributed by atoms with Gasteiger partial charge in [-0.3, -0.25) is 10.1 Å². The highest BCUT2D eigenvalue weighted by atomic mass is 32.1. The standard InChI is InChI=1S/C11H9N3O3S/c1-7-13-14-11(17-7)12-10(16)8-5-9(18-6-8)3-2-4-15/h5-6,15H,4H2,1H3,(H,12,14,16). The molecule has 2 aromatic rings. The number of nitrogens with zero attached hydrogens (tertiary/aromatic N) is 2. The zero-order valence-corrected chi connectivity index (χ0v) is 10.2. The molecule has 0 saturated carbocycles. The fraction of sp³-hybridized carbons (Fsp3) is 0.182. The molecule has 0 atom stereocenters. The van der Waals surface area contributed by atoms with Gasteiger partial charge in [-0.1, -0.05) is 16.9 Å². The SMILES string of the molecule is Cc1nnc(NC(=O)c2csc(C#CCO)c2)o1. The first-order valence-corrected chi connectivity index (χ1v) is 5.86. The van der Waals surface area contributed by atoms with Crippen LogP contribution >= 0.6 is 11.3 Å². The first-order valence-electron chi connectivity index (χ1n) is 4.99. The van der Waals surface area contributed by atoms with Gasteiger partial charge in [0, 0.05) is 12.3 Å². The predicted molar refractivity (Wildman–Crippen MR) is 65.3 cm³/mol. The molecule has 2 rings (SSSR count). The molecule has 0 aliphatic carbocycles. The van der Waals surface area contributed by atoms with E-state index in [-0.39, 0.29) is 18.5 Å². The van der Waals surface area contributed by atoms with Gasteiger partial charge in [0.25, 0.3) is 5.91 Å². The normalized spacial score (nSPS) is 9.67. The second kappa shape index (κ2) is 5.44. The van der Waals surface area contributed by atoms with E-state index in [0.29, 0.717) is 16.3 Å². The Hall–Kier alpha value is -2.17. The molecule has 0 radical (unpaired) electrons. The van der Waals surface area contributed by atoms with Crippen LogP contribution in [0.15, 0.2) is 15.9 Å². The molecule has 0 bridgehead atoms. The van der Waals surface area contributed by atoms with Crippen molar-refractivity contribution in [2.45, 2.75) is 6.92 Å². The molecule has 0 unspecified atom stereocenters. The van der Waals surface area contributed by atoms with Crippen molar-refractivity contribution in [1.29, 1.82) is 0 Å². The number of nitrogens with one attached hydrogen (secondary N) is 1. The van der Waals surface area contributed by atoms with E-state index in [4.69, 9.17) is 9.52 Å². The van der Waals surface area contributed by atoms with Gasteiger partial charge in [-0.25, -0.2) is 0 Å². The van der Waals surface area contributed by atoms with Crippen molar-refractivity contribution in [3.63, 3.8) is 0 Å². The summed E-state index contributed by atoms with van der Waals surface area (Å²) in [6.45, 7) is 1.43. The summed E-state index contributed by atoms with van der Waals surface area (Å²) in [5, 5.41) is 20.0. The van der Waals surface area contributed by atoms with Crippen LogP contribution in [0.3, 0.4) is 0 Å². The Bertz CT molecular complexity index is 621. The fourth-order valence-electron chi connectivity index (χ4n) is 1.16. The third-order valence-electron chi connectivity index (χ3n) is 1.90. The lowest BCUT2D eigenvalue weighted by Gasteiger charge is -1.95. The molecule has 2 aromatic heterocycles. The zero-order chi connectivity index (χ0) is 13.0. The van der Waals surface area contributed by atoms with Gasteiger partial charge in [0.2, 0.25) is 5.89 Å². The topological polar surface area (TPSA) is 88.2 Å². The van der Waals surface area contributed by atoms with Crippen LogP contribution in [-0.4, -0.2) is 27.8 Å². The largest absolute Gasteiger partial charge is 0.408 e. The van der Waals surface area contributed by atoms with Crippen molar-refractivity contribution in [1.82, 2.24) is 10.2 Å². The third kappa shape index (κ3) is 2.94. The molecule has 7 heteroatoms. The van der Waals surface area contributed by atoms with Gasteiger partial charge in [0.05, 0.1) is 10.4 Å². The van der Waals surface area contributed by atoms with Crippen molar-refractivity contribution < 1.29 is 14.3 Å². The van der Waals surface area contributed by atoms with Crippen molar-refractivity contribution in [2.75, 3.05) is 11.9 Å². The minimum atomic E-state index is -0.341. The quantitative estimate of drug-likeness (QED) is 0.790. The predicted octanol–water partition coefficient (Wildman–Crippen LogP) is 1.04. The van der Waals surface area contributed by atoms with Crippen LogP contribution in [0.2, 0.25) is 0 Å². The number of hydrogen-bond donors (Lipinski definition) is 2. The van der Waals surface area contributed by atoms with E-state index in [1.165, 1.54) is 11.3 Å². The first kappa shape index (κ1) is 12.3. The molecule has 0 saturated heterocycles. The van der Waals surface area contributed by atoms with Gasteiger partial charge in [0.1, 0.15) is 6.61 Å². The number of thiophene rings is 1. The van der Waals surface area contributed by atoms with Gasteiger partial charge < -0.3 is 9.52 Å². The highest BCUT2D eigenvalue weighted by Crippen LogP contribution is 2.15. The molecule has 0 fully saturated rings. The number of aliphatic hydroxyl groups is 1. The highest BCUT2D eigenvalue weighted by Gasteiger charge is 2.11. The first-order chi connectivity index (χ1) is 8.69. The second-order valence-corrected chi connectivity index (χ2v) is 4.15. The summed E-state index contributed by atoms with van der Waals surface area (Å²) in [7, 11) is 0. The van der Waals surface area contributed by atoms with E-state index in [9.17, 15) is 4.79 Å². The van der Waals surface area contributed by atoms with E-state index in [1.54, 1.807) is 18.4 Å². The van der Waals surface area contributed by atoms with Gasteiger partial charge in [-0.05, 0) is 6.07 Å². The van der Waals surface area contributed by atoms with Crippen LogP contribution in [-0.2, 0) is 0 Å². The van der Waals surface area contributed by atoms with Crippen molar-refractivity contribution in [2.24, 2.45) is 0 Å². The number of anilines is 1. The smallest absolute Gasteiger partial charge is 0.322 e. The van der Waals surface area contributed by atoms with Gasteiger partial charge in [-0.15, -0.1) is 16.4 Å². The number of carbonyl (C=O) groups excluding carboxylic acids is 1. The Morgan fingerprint density at radius 2 is 2.44 bits per heavy atom. The molecule has 0 aromatic carbocycles. The zero-order valence-electron chi connectivity index (χ0n) is 9.43. The number of hydrogen-bond acceptors (Lipinski definition) is 6. The van der Waals surface area contributed by atoms with Crippen LogP contribution in [0, 0.1) is 18.8 Å². The average molecular weight is 263 g/mol. The third-order valence-corrected chi connectivity index (χ3v) is 2.74. The molecular formula is C11H9N3O3S. The summed E-state index contributed by atoms with van der Waals surface area (Å²) in [6, 6.07) is 1.69. The lowest BCUT2D eigenvalue weighted by Crippen LogP contribution is -2.10. The molecule has 0 spiro atoms. The highest BCUT2D eigenvalue weighted by molar-refractivity contribution is 7.10. The van der Waals surface area contributed by atoms with Crippen LogP contribution < -0.4 is 5.32 Å². The summed E-state index contributed by atoms with van der Waals surface area (Å²) < 4.78 is 5.04. The summed E-state index contributed by atoms with van der Waals surface area (Å²) in [5.74, 6) is 5.28. The number of carbonyl (C=O) groups is 1. The Morgan fingerprint density at radius 3 is 3.11 bits per heavy atom. The van der Waals surface area contributed by atoms with Crippen molar-refractivity contribution >= 4 is 23.3 Å². The molecule has 6 nitrogen and oxygen atoms in total. The minimum absolute atomic E-state index is 0.0618. The summed E-state index contributed by atoms with van der Waals surface area (Å²) in [4.78, 5) is 12.5. The number of aliphatic hydroxyl groups excluding tert-OH is 1. The summed E-state index contributed by atoms with van der Waals surface area (Å²) >= 11 is 1.32. The molecular weight excluding hydrogens is 254 g/mol. The number of rotatable bonds is 2. The maximum Gasteiger partial charge on any atom is 0.322 e. The molecule has 18 heavy (non-hydrogen) atoms. The van der Waals surface area contributed by atoms with Crippen LogP contribution in [0.1, 0.15) is 21.1 Å². The maximum absolute atomic E-state index is 11.8. The second-order valence-electron chi connectivity index (χ2n) is 3.24. The lowest BCUT2D eigenvalue weighted by molar-refractivity contribution is 0.102. The van der Waals surface area contributed by atoms with E-state index in [1.807, 2.05) is 0 Å². The summed E-state index contributed by atoms with van der Waals surface area (Å²) in [5.41, 5.74) is 0.457. The maximum atomic E-state index is 11.8. The van der Waals surface area contributed by atoms with Crippen LogP contribution in [0.25, 0.3) is 0 Å². The number of amides is 1. The monoisotopic (exact) mass is 263 g/mol. The van der Waals surface area contributed by atoms with Gasteiger partial charge >= 0.3 is 6.01 Å². The average Bonchev–Trinajstić information content (AvgIpc) is 2.96. The lowest BCUT2D eigenvalue weighted by atomic mass is 10.3. The Labute approximate surface area is 107 Å². The molecule has 2 N–H and O–H groups in total. The molecule has 0 aliphatic heterocycles. The van der Waals surface area contributed by atoms with Gasteiger partial charge in [0.15, 0.2) is 0 Å². The Balaban J connectivity index is 2.07. The minimum Gasteiger partial charge on any atom is -0.408 e. The molecule has 2 heterocycles. The van der Waals surface area contributed by atoms with Crippen molar-refractivity contribution in [3.05, 3.63) is 27.8 Å². The van der Waals surface area contributed by atoms with Crippen LogP contribution in [0.4, 0.5) is 6.01 Å². The summed E-state index contributed by atoms with van der Waals surface area (Å²) in [6.07, 6.45) is 0. The van der Waals surface area contributed by atoms with E-state index in [0.717, 1.165) is 0 Å². The Morgan fingerprint density at radius 1 is 1.61 bits per heavy atom. The Kier molecular flexibility index (Phi) is 3.72. The van der Waals surface area contributed by atoms with E-state index < -0.39 is 0 Å². The van der Waals surface area contributed by atoms with Gasteiger partial charge in [-0.2, -0.15) is 0 Å².